The molecular weight excluding hydrogens is 310 g/mol. The lowest BCUT2D eigenvalue weighted by Gasteiger charge is -2.15. The van der Waals surface area contributed by atoms with Crippen LogP contribution in [-0.4, -0.2) is 17.4 Å². The minimum atomic E-state index is -0.609. The minimum Gasteiger partial charge on any atom is -0.494 e. The first-order valence-corrected chi connectivity index (χ1v) is 7.50. The second-order valence-corrected chi connectivity index (χ2v) is 5.23. The SMILES string of the molecule is CCOc1ccc(C(C)NC(=O)c2ccc(N)c([N+](=O)[O-])c2)cc1. The third-order valence-corrected chi connectivity index (χ3v) is 3.53. The molecule has 7 heteroatoms. The van der Waals surface area contributed by atoms with Crippen LogP contribution in [0.3, 0.4) is 0 Å². The summed E-state index contributed by atoms with van der Waals surface area (Å²) in [5, 5.41) is 13.7. The first-order valence-electron chi connectivity index (χ1n) is 7.50. The Morgan fingerprint density at radius 2 is 1.96 bits per heavy atom. The summed E-state index contributed by atoms with van der Waals surface area (Å²) in [4.78, 5) is 22.6. The monoisotopic (exact) mass is 329 g/mol. The molecule has 0 radical (unpaired) electrons. The van der Waals surface area contributed by atoms with Gasteiger partial charge >= 0.3 is 0 Å². The molecule has 0 spiro atoms. The van der Waals surface area contributed by atoms with Crippen LogP contribution >= 0.6 is 0 Å². The van der Waals surface area contributed by atoms with Crippen LogP contribution in [-0.2, 0) is 0 Å². The zero-order valence-corrected chi connectivity index (χ0v) is 13.5. The molecule has 0 aliphatic carbocycles. The van der Waals surface area contributed by atoms with Crippen LogP contribution < -0.4 is 15.8 Å². The van der Waals surface area contributed by atoms with Crippen molar-refractivity contribution in [3.63, 3.8) is 0 Å². The third-order valence-electron chi connectivity index (χ3n) is 3.53. The van der Waals surface area contributed by atoms with Crippen LogP contribution in [0.25, 0.3) is 0 Å². The standard InChI is InChI=1S/C17H19N3O4/c1-3-24-14-7-4-12(5-8-14)11(2)19-17(21)13-6-9-15(18)16(10-13)20(22)23/h4-11H,3,18H2,1-2H3,(H,19,21). The van der Waals surface area contributed by atoms with Gasteiger partial charge in [-0.15, -0.1) is 0 Å². The number of nitro groups is 1. The van der Waals surface area contributed by atoms with Crippen LogP contribution in [0.1, 0.15) is 35.8 Å². The molecule has 1 unspecified atom stereocenters. The summed E-state index contributed by atoms with van der Waals surface area (Å²) in [6.07, 6.45) is 0. The average molecular weight is 329 g/mol. The zero-order chi connectivity index (χ0) is 17.7. The molecule has 7 nitrogen and oxygen atoms in total. The Morgan fingerprint density at radius 1 is 1.29 bits per heavy atom. The number of nitrogens with zero attached hydrogens (tertiary/aromatic N) is 1. The van der Waals surface area contributed by atoms with Crippen molar-refractivity contribution >= 4 is 17.3 Å². The molecule has 0 heterocycles. The molecule has 0 fully saturated rings. The van der Waals surface area contributed by atoms with Crippen LogP contribution in [0.2, 0.25) is 0 Å². The number of rotatable bonds is 6. The van der Waals surface area contributed by atoms with Gasteiger partial charge in [0.05, 0.1) is 17.6 Å². The predicted molar refractivity (Wildman–Crippen MR) is 91.0 cm³/mol. The number of hydrogen-bond acceptors (Lipinski definition) is 5. The summed E-state index contributed by atoms with van der Waals surface area (Å²) >= 11 is 0. The lowest BCUT2D eigenvalue weighted by molar-refractivity contribution is -0.383. The van der Waals surface area contributed by atoms with E-state index in [2.05, 4.69) is 5.32 Å². The van der Waals surface area contributed by atoms with Gasteiger partial charge in [0.25, 0.3) is 11.6 Å². The van der Waals surface area contributed by atoms with Gasteiger partial charge in [0.2, 0.25) is 0 Å². The highest BCUT2D eigenvalue weighted by atomic mass is 16.6. The lowest BCUT2D eigenvalue weighted by Crippen LogP contribution is -2.26. The van der Waals surface area contributed by atoms with Crippen molar-refractivity contribution in [3.05, 3.63) is 63.7 Å². The van der Waals surface area contributed by atoms with E-state index in [0.717, 1.165) is 11.3 Å². The van der Waals surface area contributed by atoms with Crippen LogP contribution in [0.5, 0.6) is 5.75 Å². The van der Waals surface area contributed by atoms with Gasteiger partial charge in [-0.2, -0.15) is 0 Å². The van der Waals surface area contributed by atoms with E-state index in [1.54, 1.807) is 0 Å². The number of amides is 1. The van der Waals surface area contributed by atoms with E-state index in [9.17, 15) is 14.9 Å². The van der Waals surface area contributed by atoms with E-state index < -0.39 is 10.8 Å². The zero-order valence-electron chi connectivity index (χ0n) is 13.5. The molecule has 2 aromatic rings. The number of ether oxygens (including phenoxy) is 1. The summed E-state index contributed by atoms with van der Waals surface area (Å²) in [6.45, 7) is 4.32. The van der Waals surface area contributed by atoms with Gasteiger partial charge in [-0.05, 0) is 43.7 Å². The average Bonchev–Trinajstić information content (AvgIpc) is 2.55. The van der Waals surface area contributed by atoms with Crippen molar-refractivity contribution < 1.29 is 14.5 Å². The van der Waals surface area contributed by atoms with Gasteiger partial charge in [-0.25, -0.2) is 0 Å². The topological polar surface area (TPSA) is 107 Å². The van der Waals surface area contributed by atoms with E-state index >= 15 is 0 Å². The smallest absolute Gasteiger partial charge is 0.292 e. The number of nitro benzene ring substituents is 1. The Bertz CT molecular complexity index is 744. The number of carbonyl (C=O) groups excluding carboxylic acids is 1. The number of hydrogen-bond donors (Lipinski definition) is 2. The number of nitrogen functional groups attached to an aromatic ring is 1. The predicted octanol–water partition coefficient (Wildman–Crippen LogP) is 3.07. The first-order chi connectivity index (χ1) is 11.4. The summed E-state index contributed by atoms with van der Waals surface area (Å²) in [6, 6.07) is 11.1. The number of nitrogens with two attached hydrogens (primary N) is 1. The van der Waals surface area contributed by atoms with Gasteiger partial charge in [0.15, 0.2) is 0 Å². The number of benzene rings is 2. The molecule has 126 valence electrons. The number of carbonyl (C=O) groups is 1. The maximum absolute atomic E-state index is 12.3. The fraction of sp³-hybridized carbons (Fsp3) is 0.235. The van der Waals surface area contributed by atoms with E-state index in [1.165, 1.54) is 18.2 Å². The highest BCUT2D eigenvalue weighted by Crippen LogP contribution is 2.23. The van der Waals surface area contributed by atoms with E-state index in [4.69, 9.17) is 10.5 Å². The van der Waals surface area contributed by atoms with Gasteiger partial charge in [0.1, 0.15) is 11.4 Å². The maximum Gasteiger partial charge on any atom is 0.292 e. The lowest BCUT2D eigenvalue weighted by atomic mass is 10.1. The Hall–Kier alpha value is -3.09. The van der Waals surface area contributed by atoms with Crippen molar-refractivity contribution in [2.24, 2.45) is 0 Å². The molecule has 0 aliphatic rings. The Labute approximate surface area is 139 Å². The second kappa shape index (κ2) is 7.45. The molecular formula is C17H19N3O4. The van der Waals surface area contributed by atoms with Crippen molar-refractivity contribution in [2.45, 2.75) is 19.9 Å². The fourth-order valence-electron chi connectivity index (χ4n) is 2.23. The normalized spacial score (nSPS) is 11.6. The van der Waals surface area contributed by atoms with Crippen LogP contribution in [0, 0.1) is 10.1 Å². The molecule has 0 aliphatic heterocycles. The molecule has 24 heavy (non-hydrogen) atoms. The molecule has 2 rings (SSSR count). The summed E-state index contributed by atoms with van der Waals surface area (Å²) in [7, 11) is 0. The minimum absolute atomic E-state index is 0.0242. The Morgan fingerprint density at radius 3 is 2.54 bits per heavy atom. The largest absolute Gasteiger partial charge is 0.494 e. The van der Waals surface area contributed by atoms with Crippen molar-refractivity contribution in [1.29, 1.82) is 0 Å². The van der Waals surface area contributed by atoms with Gasteiger partial charge in [-0.3, -0.25) is 14.9 Å². The Kier molecular flexibility index (Phi) is 5.36. The molecule has 1 amide bonds. The van der Waals surface area contributed by atoms with Crippen LogP contribution in [0.15, 0.2) is 42.5 Å². The highest BCUT2D eigenvalue weighted by molar-refractivity contribution is 5.95. The van der Waals surface area contributed by atoms with Crippen LogP contribution in [0.4, 0.5) is 11.4 Å². The summed E-state index contributed by atoms with van der Waals surface area (Å²) in [5.74, 6) is 0.355. The van der Waals surface area contributed by atoms with E-state index in [0.29, 0.717) is 6.61 Å². The van der Waals surface area contributed by atoms with Crippen molar-refractivity contribution in [2.75, 3.05) is 12.3 Å². The fourth-order valence-corrected chi connectivity index (χ4v) is 2.23. The summed E-state index contributed by atoms with van der Waals surface area (Å²) < 4.78 is 5.37. The number of nitrogens with one attached hydrogen (secondary N) is 1. The summed E-state index contributed by atoms with van der Waals surface area (Å²) in [5.41, 5.74) is 6.37. The first kappa shape index (κ1) is 17.3. The van der Waals surface area contributed by atoms with Crippen molar-refractivity contribution in [1.82, 2.24) is 5.32 Å². The van der Waals surface area contributed by atoms with Gasteiger partial charge in [0, 0.05) is 11.6 Å². The molecule has 0 bridgehead atoms. The molecule has 0 saturated carbocycles. The molecule has 0 aromatic heterocycles. The van der Waals surface area contributed by atoms with Gasteiger partial charge < -0.3 is 15.8 Å². The quantitative estimate of drug-likeness (QED) is 0.481. The highest BCUT2D eigenvalue weighted by Gasteiger charge is 2.17. The maximum atomic E-state index is 12.3. The van der Waals surface area contributed by atoms with Crippen molar-refractivity contribution in [3.8, 4) is 5.75 Å². The van der Waals surface area contributed by atoms with E-state index in [-0.39, 0.29) is 23.0 Å². The third kappa shape index (κ3) is 4.01. The molecule has 3 N–H and O–H groups in total. The molecule has 2 aromatic carbocycles. The number of anilines is 1. The molecule has 0 saturated heterocycles. The van der Waals surface area contributed by atoms with E-state index in [1.807, 2.05) is 38.1 Å². The van der Waals surface area contributed by atoms with Gasteiger partial charge in [-0.1, -0.05) is 12.1 Å². The Balaban J connectivity index is 2.11. The molecule has 1 atom stereocenters. The second-order valence-electron chi connectivity index (χ2n) is 5.23.